The van der Waals surface area contributed by atoms with Crippen molar-refractivity contribution in [3.8, 4) is 0 Å². The SMILES string of the molecule is C1CCC([PH+](C2CCCCC2)C2CCCCC2)CC1.Cc1cc(C)c(N2[CH-]N(c3c(C)cc(C)cc3C)CC2)c(C)c1.O.O.[Ru+]=[CH]Sc1ccccc1. The molecule has 0 bridgehead atoms. The van der Waals surface area contributed by atoms with Gasteiger partial charge in [-0.05, 0) is 141 Å². The second-order valence-corrected chi connectivity index (χ2v) is 21.6. The number of rotatable bonds is 7. The average molecular weight is 848 g/mol. The van der Waals surface area contributed by atoms with Crippen molar-refractivity contribution in [1.29, 1.82) is 0 Å². The molecule has 4 fully saturated rings. The third kappa shape index (κ3) is 13.3. The van der Waals surface area contributed by atoms with Gasteiger partial charge in [-0.2, -0.15) is 6.67 Å². The van der Waals surface area contributed by atoms with Crippen molar-refractivity contribution in [2.24, 2.45) is 0 Å². The second kappa shape index (κ2) is 23.5. The Hall–Kier alpha value is -1.55. The molecule has 0 radical (unpaired) electrons. The number of hydrogen-bond acceptors (Lipinski definition) is 3. The Morgan fingerprint density at radius 1 is 0.566 bits per heavy atom. The van der Waals surface area contributed by atoms with Gasteiger partial charge in [0, 0.05) is 32.4 Å². The summed E-state index contributed by atoms with van der Waals surface area (Å²) in [6, 6.07) is 19.4. The third-order valence-corrected chi connectivity index (χ3v) is 17.7. The maximum absolute atomic E-state index is 2.48. The quantitative estimate of drug-likeness (QED) is 0.103. The van der Waals surface area contributed by atoms with Gasteiger partial charge in [0.15, 0.2) is 0 Å². The molecule has 1 heterocycles. The van der Waals surface area contributed by atoms with Crippen molar-refractivity contribution >= 4 is 35.0 Å². The van der Waals surface area contributed by atoms with Crippen molar-refractivity contribution in [2.45, 2.75) is 160 Å². The number of benzene rings is 3. The summed E-state index contributed by atoms with van der Waals surface area (Å²) >= 11 is 4.20. The number of nitrogens with zero attached hydrogens (tertiary/aromatic N) is 2. The molecular weight excluding hydrogens is 777 g/mol. The molecule has 3 aliphatic carbocycles. The first-order valence-electron chi connectivity index (χ1n) is 20.3. The van der Waals surface area contributed by atoms with Gasteiger partial charge in [0.2, 0.25) is 0 Å². The molecule has 4 nitrogen and oxygen atoms in total. The molecule has 0 aromatic heterocycles. The minimum atomic E-state index is -0.0465. The summed E-state index contributed by atoms with van der Waals surface area (Å²) in [6.07, 6.45) is 23.8. The fraction of sp³-hybridized carbons (Fsp3) is 0.565. The number of anilines is 2. The normalized spacial score (nSPS) is 18.2. The van der Waals surface area contributed by atoms with Gasteiger partial charge in [-0.3, -0.25) is 0 Å². The van der Waals surface area contributed by atoms with Gasteiger partial charge < -0.3 is 20.8 Å². The Morgan fingerprint density at radius 3 is 1.23 bits per heavy atom. The summed E-state index contributed by atoms with van der Waals surface area (Å²) < 4.78 is 2.01. The Bertz CT molecular complexity index is 1370. The van der Waals surface area contributed by atoms with Crippen LogP contribution in [-0.4, -0.2) is 45.0 Å². The van der Waals surface area contributed by atoms with Crippen LogP contribution in [0.5, 0.6) is 0 Å². The fourth-order valence-corrected chi connectivity index (χ4v) is 16.3. The summed E-state index contributed by atoms with van der Waals surface area (Å²) in [6.45, 7) is 17.6. The number of hydrogen-bond donors (Lipinski definition) is 0. The van der Waals surface area contributed by atoms with E-state index in [4.69, 9.17) is 0 Å². The first kappa shape index (κ1) is 45.8. The Balaban J connectivity index is 0.000000228. The maximum atomic E-state index is 2.48. The van der Waals surface area contributed by atoms with Crippen LogP contribution in [0, 0.1) is 48.2 Å². The zero-order valence-electron chi connectivity index (χ0n) is 33.8. The Labute approximate surface area is 339 Å². The molecule has 1 aliphatic heterocycles. The van der Waals surface area contributed by atoms with Gasteiger partial charge in [-0.15, -0.1) is 0 Å². The molecule has 7 heteroatoms. The van der Waals surface area contributed by atoms with Gasteiger partial charge >= 0.3 is 68.8 Å². The van der Waals surface area contributed by atoms with E-state index >= 15 is 0 Å². The van der Waals surface area contributed by atoms with Crippen molar-refractivity contribution in [3.63, 3.8) is 0 Å². The van der Waals surface area contributed by atoms with Crippen LogP contribution < -0.4 is 9.80 Å². The van der Waals surface area contributed by atoms with E-state index in [0.29, 0.717) is 0 Å². The standard InChI is InChI=1S/C21H27N2.C18H33P.C7H6S.2H2O.Ru/c1-14-9-16(3)20(17(4)10-14)22-7-8-23(13-22)21-18(5)11-15(2)12-19(21)6;1-4-10-16(11-5-1)19(17-12-6-2-7-13-17)18-14-8-3-9-15-18;1-8-7-5-3-2-4-6-7;;;/h9-13H,7-8H2,1-6H3;16-18H,1-15H2;1-6H;2*1H2;/q-1;;;;;+1/p+1. The molecule has 0 atom stereocenters. The van der Waals surface area contributed by atoms with Crippen LogP contribution in [0.4, 0.5) is 11.4 Å². The molecular formula is C46H71N2O2PRuS+. The van der Waals surface area contributed by atoms with Gasteiger partial charge in [0.05, 0.1) is 17.0 Å². The molecule has 0 unspecified atom stereocenters. The summed E-state index contributed by atoms with van der Waals surface area (Å²) in [7, 11) is -0.0465. The van der Waals surface area contributed by atoms with E-state index < -0.39 is 0 Å². The van der Waals surface area contributed by atoms with Crippen molar-refractivity contribution in [1.82, 2.24) is 0 Å². The van der Waals surface area contributed by atoms with E-state index in [1.54, 1.807) is 108 Å². The molecule has 1 saturated heterocycles. The fourth-order valence-electron chi connectivity index (χ4n) is 9.94. The number of thioether (sulfide) groups is 1. The molecule has 3 aromatic rings. The monoisotopic (exact) mass is 848 g/mol. The predicted molar refractivity (Wildman–Crippen MR) is 235 cm³/mol. The van der Waals surface area contributed by atoms with Crippen LogP contribution in [0.15, 0.2) is 59.5 Å². The van der Waals surface area contributed by atoms with E-state index in [1.807, 2.05) is 22.1 Å². The van der Waals surface area contributed by atoms with E-state index in [1.165, 1.54) is 66.6 Å². The molecule has 0 spiro atoms. The summed E-state index contributed by atoms with van der Waals surface area (Å²) in [5.41, 5.74) is 14.5. The summed E-state index contributed by atoms with van der Waals surface area (Å²) in [4.78, 5) is 6.10. The van der Waals surface area contributed by atoms with Crippen LogP contribution >= 0.6 is 19.7 Å². The Morgan fingerprint density at radius 2 is 0.906 bits per heavy atom. The molecule has 53 heavy (non-hydrogen) atoms. The Kier molecular flexibility index (Phi) is 20.3. The van der Waals surface area contributed by atoms with Crippen LogP contribution in [0.25, 0.3) is 0 Å². The van der Waals surface area contributed by atoms with Crippen molar-refractivity contribution in [2.75, 3.05) is 22.9 Å². The van der Waals surface area contributed by atoms with Crippen LogP contribution in [0.3, 0.4) is 0 Å². The molecule has 4 N–H and O–H groups in total. The molecule has 0 amide bonds. The molecule has 4 aliphatic rings. The molecule has 295 valence electrons. The summed E-state index contributed by atoms with van der Waals surface area (Å²) in [5, 5.41) is 0. The molecule has 3 aromatic carbocycles. The predicted octanol–water partition coefficient (Wildman–Crippen LogP) is 11.6. The van der Waals surface area contributed by atoms with E-state index in [-0.39, 0.29) is 18.9 Å². The van der Waals surface area contributed by atoms with Crippen LogP contribution in [0.1, 0.15) is 130 Å². The molecule has 7 rings (SSSR count). The van der Waals surface area contributed by atoms with Crippen LogP contribution in [-0.2, 0) is 17.9 Å². The van der Waals surface area contributed by atoms with E-state index in [9.17, 15) is 0 Å². The van der Waals surface area contributed by atoms with Gasteiger partial charge in [0.1, 0.15) is 0 Å². The first-order valence-corrected chi connectivity index (χ1v) is 23.9. The van der Waals surface area contributed by atoms with Gasteiger partial charge in [0.25, 0.3) is 0 Å². The van der Waals surface area contributed by atoms with E-state index in [0.717, 1.165) is 13.1 Å². The first-order chi connectivity index (χ1) is 24.7. The topological polar surface area (TPSA) is 69.5 Å². The third-order valence-electron chi connectivity index (χ3n) is 11.9. The van der Waals surface area contributed by atoms with Crippen LogP contribution in [0.2, 0.25) is 0 Å². The zero-order chi connectivity index (χ0) is 36.2. The second-order valence-electron chi connectivity index (χ2n) is 16.0. The van der Waals surface area contributed by atoms with Gasteiger partial charge in [-0.1, -0.05) is 54.7 Å². The number of aryl methyl sites for hydroxylation is 6. The summed E-state index contributed by atoms with van der Waals surface area (Å²) in [5.74, 6) is 0. The van der Waals surface area contributed by atoms with Gasteiger partial charge in [-0.25, -0.2) is 0 Å². The minimum absolute atomic E-state index is 0. The van der Waals surface area contributed by atoms with E-state index in [2.05, 4.69) is 112 Å². The molecule has 3 saturated carbocycles. The zero-order valence-corrected chi connectivity index (χ0v) is 37.3. The average Bonchev–Trinajstić information content (AvgIpc) is 3.59. The van der Waals surface area contributed by atoms with Crippen molar-refractivity contribution in [3.05, 3.63) is 94.6 Å². The van der Waals surface area contributed by atoms with Crippen molar-refractivity contribution < 1.29 is 28.8 Å².